The van der Waals surface area contributed by atoms with Crippen LogP contribution in [0, 0.1) is 11.3 Å². The number of nitriles is 1. The minimum atomic E-state index is -2.60. The molecule has 1 atom stereocenters. The van der Waals surface area contributed by atoms with Crippen LogP contribution in [0.25, 0.3) is 0 Å². The summed E-state index contributed by atoms with van der Waals surface area (Å²) in [5, 5.41) is 36.3. The van der Waals surface area contributed by atoms with Crippen LogP contribution in [0.15, 0.2) is 24.3 Å². The number of hydrogen-bond donors (Lipinski definition) is 3. The van der Waals surface area contributed by atoms with Crippen LogP contribution in [0.2, 0.25) is 0 Å². The first-order valence-electron chi connectivity index (χ1n) is 4.59. The molecule has 1 aromatic rings. The summed E-state index contributed by atoms with van der Waals surface area (Å²) < 4.78 is 0. The van der Waals surface area contributed by atoms with Gasteiger partial charge in [0, 0.05) is 5.56 Å². The molecule has 6 nitrogen and oxygen atoms in total. The molecule has 88 valence electrons. The van der Waals surface area contributed by atoms with Crippen molar-refractivity contribution >= 4 is 11.9 Å². The summed E-state index contributed by atoms with van der Waals surface area (Å²) in [6, 6.07) is 7.16. The van der Waals surface area contributed by atoms with E-state index in [9.17, 15) is 14.7 Å². The fourth-order valence-corrected chi connectivity index (χ4v) is 1.45. The van der Waals surface area contributed by atoms with Crippen molar-refractivity contribution in [3.8, 4) is 6.07 Å². The van der Waals surface area contributed by atoms with Crippen molar-refractivity contribution in [2.45, 2.75) is 12.0 Å². The lowest BCUT2D eigenvalue weighted by Crippen LogP contribution is -2.38. The number of aliphatic hydroxyl groups is 1. The molecule has 0 aliphatic heterocycles. The minimum Gasteiger partial charge on any atom is -0.481 e. The average molecular weight is 235 g/mol. The van der Waals surface area contributed by atoms with E-state index in [1.54, 1.807) is 6.07 Å². The smallest absolute Gasteiger partial charge is 0.341 e. The number of carbonyl (C=O) groups is 2. The summed E-state index contributed by atoms with van der Waals surface area (Å²) in [6.07, 6.45) is -1.01. The highest BCUT2D eigenvalue weighted by atomic mass is 16.4. The lowest BCUT2D eigenvalue weighted by molar-refractivity contribution is -0.166. The Morgan fingerprint density at radius 2 is 1.88 bits per heavy atom. The highest BCUT2D eigenvalue weighted by molar-refractivity contribution is 5.85. The minimum absolute atomic E-state index is 0.0707. The third kappa shape index (κ3) is 2.41. The monoisotopic (exact) mass is 235 g/mol. The van der Waals surface area contributed by atoms with Gasteiger partial charge in [-0.25, -0.2) is 4.79 Å². The first kappa shape index (κ1) is 12.7. The number of rotatable bonds is 4. The second-order valence-electron chi connectivity index (χ2n) is 3.39. The van der Waals surface area contributed by atoms with E-state index in [-0.39, 0.29) is 11.1 Å². The number of nitrogens with zero attached hydrogens (tertiary/aromatic N) is 1. The zero-order valence-electron chi connectivity index (χ0n) is 8.62. The van der Waals surface area contributed by atoms with E-state index in [0.717, 1.165) is 0 Å². The van der Waals surface area contributed by atoms with E-state index >= 15 is 0 Å². The van der Waals surface area contributed by atoms with Gasteiger partial charge in [-0.05, 0) is 6.07 Å². The quantitative estimate of drug-likeness (QED) is 0.690. The van der Waals surface area contributed by atoms with Gasteiger partial charge < -0.3 is 15.3 Å². The molecule has 0 heterocycles. The number of carboxylic acid groups (broad SMARTS) is 2. The topological polar surface area (TPSA) is 119 Å². The fourth-order valence-electron chi connectivity index (χ4n) is 1.45. The van der Waals surface area contributed by atoms with Crippen LogP contribution in [0.1, 0.15) is 17.5 Å². The molecule has 0 saturated carbocycles. The third-order valence-electron chi connectivity index (χ3n) is 2.25. The molecule has 0 aliphatic rings. The highest BCUT2D eigenvalue weighted by Crippen LogP contribution is 2.28. The Kier molecular flexibility index (Phi) is 3.46. The zero-order chi connectivity index (χ0) is 13.1. The molecule has 0 fully saturated rings. The molecule has 3 N–H and O–H groups in total. The summed E-state index contributed by atoms with van der Waals surface area (Å²) in [6.45, 7) is 0. The Labute approximate surface area is 96.4 Å². The zero-order valence-corrected chi connectivity index (χ0v) is 8.62. The Balaban J connectivity index is 3.38. The summed E-state index contributed by atoms with van der Waals surface area (Å²) in [5.41, 5.74) is -2.89. The van der Waals surface area contributed by atoms with Crippen molar-refractivity contribution in [1.29, 1.82) is 5.26 Å². The van der Waals surface area contributed by atoms with Gasteiger partial charge in [0.1, 0.15) is 0 Å². The van der Waals surface area contributed by atoms with E-state index in [1.807, 2.05) is 0 Å². The molecule has 1 unspecified atom stereocenters. The van der Waals surface area contributed by atoms with Crippen LogP contribution in [-0.4, -0.2) is 27.3 Å². The summed E-state index contributed by atoms with van der Waals surface area (Å²) in [4.78, 5) is 21.6. The van der Waals surface area contributed by atoms with Crippen molar-refractivity contribution in [2.24, 2.45) is 0 Å². The largest absolute Gasteiger partial charge is 0.481 e. The van der Waals surface area contributed by atoms with Crippen molar-refractivity contribution in [3.05, 3.63) is 35.4 Å². The molecule has 1 rings (SSSR count). The van der Waals surface area contributed by atoms with Gasteiger partial charge in [0.25, 0.3) is 0 Å². The average Bonchev–Trinajstić information content (AvgIpc) is 2.27. The molecule has 0 aliphatic carbocycles. The van der Waals surface area contributed by atoms with E-state index in [1.165, 1.54) is 24.3 Å². The van der Waals surface area contributed by atoms with E-state index in [4.69, 9.17) is 15.5 Å². The highest BCUT2D eigenvalue weighted by Gasteiger charge is 2.42. The van der Waals surface area contributed by atoms with Gasteiger partial charge in [-0.2, -0.15) is 5.26 Å². The predicted octanol–water partition coefficient (Wildman–Crippen LogP) is 0.305. The van der Waals surface area contributed by atoms with Gasteiger partial charge in [-0.1, -0.05) is 18.2 Å². The SMILES string of the molecule is N#Cc1ccccc1C(O)(CC(=O)O)C(=O)O. The van der Waals surface area contributed by atoms with Crippen LogP contribution in [0.4, 0.5) is 0 Å². The number of hydrogen-bond acceptors (Lipinski definition) is 4. The Morgan fingerprint density at radius 1 is 1.29 bits per heavy atom. The molecule has 0 spiro atoms. The second kappa shape index (κ2) is 4.63. The second-order valence-corrected chi connectivity index (χ2v) is 3.39. The van der Waals surface area contributed by atoms with Gasteiger partial charge in [-0.3, -0.25) is 4.79 Å². The van der Waals surface area contributed by atoms with E-state index in [0.29, 0.717) is 0 Å². The fraction of sp³-hybridized carbons (Fsp3) is 0.182. The molecular formula is C11H9NO5. The molecule has 17 heavy (non-hydrogen) atoms. The van der Waals surface area contributed by atoms with Crippen LogP contribution >= 0.6 is 0 Å². The predicted molar refractivity (Wildman–Crippen MR) is 54.9 cm³/mol. The molecule has 6 heteroatoms. The summed E-state index contributed by atoms with van der Waals surface area (Å²) in [7, 11) is 0. The normalized spacial score (nSPS) is 13.4. The Bertz CT molecular complexity index is 505. The van der Waals surface area contributed by atoms with Crippen LogP contribution in [-0.2, 0) is 15.2 Å². The number of benzene rings is 1. The third-order valence-corrected chi connectivity index (χ3v) is 2.25. The maximum atomic E-state index is 11.0. The number of carboxylic acids is 2. The van der Waals surface area contributed by atoms with Crippen molar-refractivity contribution in [1.82, 2.24) is 0 Å². The van der Waals surface area contributed by atoms with Gasteiger partial charge in [0.05, 0.1) is 18.1 Å². The molecule has 0 amide bonds. The summed E-state index contributed by atoms with van der Waals surface area (Å²) >= 11 is 0. The first-order chi connectivity index (χ1) is 7.91. The number of aliphatic carboxylic acids is 2. The van der Waals surface area contributed by atoms with Crippen molar-refractivity contribution in [3.63, 3.8) is 0 Å². The molecule has 0 bridgehead atoms. The molecule has 0 saturated heterocycles. The van der Waals surface area contributed by atoms with Gasteiger partial charge >= 0.3 is 11.9 Å². The van der Waals surface area contributed by atoms with Crippen LogP contribution in [0.3, 0.4) is 0 Å². The van der Waals surface area contributed by atoms with E-state index in [2.05, 4.69) is 0 Å². The van der Waals surface area contributed by atoms with Crippen LogP contribution < -0.4 is 0 Å². The maximum absolute atomic E-state index is 11.0. The molecular weight excluding hydrogens is 226 g/mol. The summed E-state index contributed by atoms with van der Waals surface area (Å²) in [5.74, 6) is -3.18. The molecule has 0 aromatic heterocycles. The standard InChI is InChI=1S/C11H9NO5/c12-6-7-3-1-2-4-8(7)11(17,10(15)16)5-9(13)14/h1-4,17H,5H2,(H,13,14)(H,15,16). The van der Waals surface area contributed by atoms with Gasteiger partial charge in [0.2, 0.25) is 0 Å². The first-order valence-corrected chi connectivity index (χ1v) is 4.59. The van der Waals surface area contributed by atoms with Crippen LogP contribution in [0.5, 0.6) is 0 Å². The van der Waals surface area contributed by atoms with E-state index < -0.39 is 24.0 Å². The van der Waals surface area contributed by atoms with Crippen molar-refractivity contribution < 1.29 is 24.9 Å². The van der Waals surface area contributed by atoms with Gasteiger partial charge in [-0.15, -0.1) is 0 Å². The Hall–Kier alpha value is -2.39. The molecule has 1 aromatic carbocycles. The molecule has 0 radical (unpaired) electrons. The maximum Gasteiger partial charge on any atom is 0.341 e. The Morgan fingerprint density at radius 3 is 2.35 bits per heavy atom. The van der Waals surface area contributed by atoms with Gasteiger partial charge in [0.15, 0.2) is 5.60 Å². The van der Waals surface area contributed by atoms with Crippen molar-refractivity contribution in [2.75, 3.05) is 0 Å². The lowest BCUT2D eigenvalue weighted by atomic mass is 9.87. The lowest BCUT2D eigenvalue weighted by Gasteiger charge is -2.22.